The second-order valence-electron chi connectivity index (χ2n) is 10.5. The lowest BCUT2D eigenvalue weighted by Gasteiger charge is -2.22. The van der Waals surface area contributed by atoms with Crippen LogP contribution < -0.4 is 5.32 Å². The van der Waals surface area contributed by atoms with Crippen LogP contribution in [-0.2, 0) is 11.3 Å². The van der Waals surface area contributed by atoms with Crippen LogP contribution in [0.25, 0.3) is 16.7 Å². The number of imidazole rings is 1. The number of benzene rings is 2. The Morgan fingerprint density at radius 2 is 1.56 bits per heavy atom. The number of anilines is 1. The van der Waals surface area contributed by atoms with Crippen LogP contribution in [0.3, 0.4) is 0 Å². The summed E-state index contributed by atoms with van der Waals surface area (Å²) in [6.07, 6.45) is 14.7. The summed E-state index contributed by atoms with van der Waals surface area (Å²) in [7, 11) is 0. The number of rotatable bonds is 6. The molecule has 2 saturated carbocycles. The number of para-hydroxylation sites is 2. The topological polar surface area (TPSA) is 64.7 Å². The number of hydrogen-bond donors (Lipinski definition) is 1. The zero-order chi connectivity index (χ0) is 24.3. The average Bonchev–Trinajstić information content (AvgIpc) is 3.55. The van der Waals surface area contributed by atoms with E-state index in [1.54, 1.807) is 6.33 Å². The van der Waals surface area contributed by atoms with Gasteiger partial charge in [-0.1, -0.05) is 50.7 Å². The fourth-order valence-corrected chi connectivity index (χ4v) is 6.09. The van der Waals surface area contributed by atoms with Gasteiger partial charge in [-0.05, 0) is 68.1 Å². The molecule has 2 aliphatic rings. The Bertz CT molecular complexity index is 1320. The highest BCUT2D eigenvalue weighted by molar-refractivity contribution is 5.91. The van der Waals surface area contributed by atoms with E-state index in [4.69, 9.17) is 5.10 Å². The number of fused-ring (bicyclic) bond motifs is 1. The standard InChI is InChI=1S/C30H35N5O/c36-30(20-34-21-31-26-13-7-8-14-28(26)34)32-24-15-17-25(18-16-24)35-29(23-11-5-2-6-12-23)19-27(33-35)22-9-3-1-4-10-22/h7-8,13-19,21-23H,1-6,9-12,20H2,(H,32,36). The lowest BCUT2D eigenvalue weighted by atomic mass is 9.84. The monoisotopic (exact) mass is 481 g/mol. The van der Waals surface area contributed by atoms with Gasteiger partial charge < -0.3 is 9.88 Å². The summed E-state index contributed by atoms with van der Waals surface area (Å²) in [5.74, 6) is 1.13. The van der Waals surface area contributed by atoms with Crippen molar-refractivity contribution in [2.75, 3.05) is 5.32 Å². The van der Waals surface area contributed by atoms with E-state index >= 15 is 0 Å². The minimum Gasteiger partial charge on any atom is -0.325 e. The summed E-state index contributed by atoms with van der Waals surface area (Å²) < 4.78 is 4.08. The molecule has 0 spiro atoms. The molecule has 2 aromatic heterocycles. The van der Waals surface area contributed by atoms with Gasteiger partial charge in [0.1, 0.15) is 6.54 Å². The van der Waals surface area contributed by atoms with Gasteiger partial charge in [-0.2, -0.15) is 5.10 Å². The lowest BCUT2D eigenvalue weighted by Crippen LogP contribution is -2.18. The first kappa shape index (κ1) is 23.0. The lowest BCUT2D eigenvalue weighted by molar-refractivity contribution is -0.116. The zero-order valence-electron chi connectivity index (χ0n) is 20.9. The SMILES string of the molecule is O=C(Cn1cnc2ccccc21)Nc1ccc(-n2nc(C3CCCCC3)cc2C2CCCCC2)cc1. The summed E-state index contributed by atoms with van der Waals surface area (Å²) in [4.78, 5) is 17.1. The van der Waals surface area contributed by atoms with E-state index in [9.17, 15) is 4.79 Å². The minimum absolute atomic E-state index is 0.0625. The van der Waals surface area contributed by atoms with Gasteiger partial charge in [0.2, 0.25) is 5.91 Å². The Kier molecular flexibility index (Phi) is 6.58. The first-order valence-corrected chi connectivity index (χ1v) is 13.6. The van der Waals surface area contributed by atoms with Crippen LogP contribution in [0.1, 0.15) is 87.4 Å². The smallest absolute Gasteiger partial charge is 0.244 e. The third kappa shape index (κ3) is 4.81. The minimum atomic E-state index is -0.0625. The summed E-state index contributed by atoms with van der Waals surface area (Å²) in [6, 6.07) is 18.4. The van der Waals surface area contributed by atoms with E-state index in [-0.39, 0.29) is 12.5 Å². The molecule has 0 saturated heterocycles. The van der Waals surface area contributed by atoms with E-state index < -0.39 is 0 Å². The van der Waals surface area contributed by atoms with Crippen molar-refractivity contribution in [2.45, 2.75) is 82.6 Å². The first-order chi connectivity index (χ1) is 17.7. The average molecular weight is 482 g/mol. The number of aromatic nitrogens is 4. The molecule has 0 atom stereocenters. The summed E-state index contributed by atoms with van der Waals surface area (Å²) in [5, 5.41) is 8.21. The van der Waals surface area contributed by atoms with Crippen molar-refractivity contribution in [3.63, 3.8) is 0 Å². The summed E-state index contributed by atoms with van der Waals surface area (Å²) >= 11 is 0. The Morgan fingerprint density at radius 3 is 2.31 bits per heavy atom. The molecule has 1 N–H and O–H groups in total. The van der Waals surface area contributed by atoms with Gasteiger partial charge >= 0.3 is 0 Å². The first-order valence-electron chi connectivity index (χ1n) is 13.6. The molecule has 6 nitrogen and oxygen atoms in total. The van der Waals surface area contributed by atoms with Crippen LogP contribution in [0.2, 0.25) is 0 Å². The van der Waals surface area contributed by atoms with Crippen molar-refractivity contribution in [3.8, 4) is 5.69 Å². The Morgan fingerprint density at radius 1 is 0.861 bits per heavy atom. The maximum Gasteiger partial charge on any atom is 0.244 e. The zero-order valence-corrected chi connectivity index (χ0v) is 20.9. The van der Waals surface area contributed by atoms with Crippen molar-refractivity contribution in [1.82, 2.24) is 19.3 Å². The fourth-order valence-electron chi connectivity index (χ4n) is 6.09. The number of nitrogens with zero attached hydrogens (tertiary/aromatic N) is 4. The predicted octanol–water partition coefficient (Wildman–Crippen LogP) is 6.96. The predicted molar refractivity (Wildman–Crippen MR) is 144 cm³/mol. The molecule has 0 bridgehead atoms. The van der Waals surface area contributed by atoms with Gasteiger partial charge in [0, 0.05) is 23.2 Å². The molecule has 6 heteroatoms. The summed E-state index contributed by atoms with van der Waals surface area (Å²) in [6.45, 7) is 0.234. The molecule has 0 unspecified atom stereocenters. The second-order valence-corrected chi connectivity index (χ2v) is 10.5. The molecule has 2 heterocycles. The van der Waals surface area contributed by atoms with Crippen molar-refractivity contribution < 1.29 is 4.79 Å². The highest BCUT2D eigenvalue weighted by atomic mass is 16.1. The molecular formula is C30H35N5O. The molecule has 36 heavy (non-hydrogen) atoms. The fraction of sp³-hybridized carbons (Fsp3) is 0.433. The third-order valence-corrected chi connectivity index (χ3v) is 8.04. The molecule has 0 radical (unpaired) electrons. The maximum atomic E-state index is 12.7. The largest absolute Gasteiger partial charge is 0.325 e. The van der Waals surface area contributed by atoms with Crippen LogP contribution in [0.5, 0.6) is 0 Å². The Labute approximate surface area is 212 Å². The highest BCUT2D eigenvalue weighted by Gasteiger charge is 2.25. The highest BCUT2D eigenvalue weighted by Crippen LogP contribution is 2.38. The summed E-state index contributed by atoms with van der Waals surface area (Å²) in [5.41, 5.74) is 6.39. The van der Waals surface area contributed by atoms with Crippen LogP contribution >= 0.6 is 0 Å². The quantitative estimate of drug-likeness (QED) is 0.324. The van der Waals surface area contributed by atoms with Crippen molar-refractivity contribution in [2.24, 2.45) is 0 Å². The van der Waals surface area contributed by atoms with E-state index in [1.165, 1.54) is 75.6 Å². The van der Waals surface area contributed by atoms with Crippen LogP contribution in [0.4, 0.5) is 5.69 Å². The van der Waals surface area contributed by atoms with E-state index in [1.807, 2.05) is 41.0 Å². The van der Waals surface area contributed by atoms with E-state index in [2.05, 4.69) is 33.2 Å². The molecule has 1 amide bonds. The van der Waals surface area contributed by atoms with Crippen molar-refractivity contribution in [3.05, 3.63) is 72.3 Å². The third-order valence-electron chi connectivity index (χ3n) is 8.04. The molecule has 2 aromatic carbocycles. The number of hydrogen-bond acceptors (Lipinski definition) is 3. The van der Waals surface area contributed by atoms with Gasteiger partial charge in [-0.15, -0.1) is 0 Å². The van der Waals surface area contributed by atoms with E-state index in [0.29, 0.717) is 11.8 Å². The van der Waals surface area contributed by atoms with Crippen LogP contribution in [0.15, 0.2) is 60.9 Å². The van der Waals surface area contributed by atoms with Crippen molar-refractivity contribution >= 4 is 22.6 Å². The number of amides is 1. The van der Waals surface area contributed by atoms with Crippen molar-refractivity contribution in [1.29, 1.82) is 0 Å². The molecule has 2 aliphatic carbocycles. The number of carbonyl (C=O) groups is 1. The molecule has 2 fully saturated rings. The Hall–Kier alpha value is -3.41. The normalized spacial score (nSPS) is 17.4. The van der Waals surface area contributed by atoms with Gasteiger partial charge in [0.15, 0.2) is 0 Å². The molecule has 0 aliphatic heterocycles. The van der Waals surface area contributed by atoms with Gasteiger partial charge in [0.05, 0.1) is 28.7 Å². The number of nitrogens with one attached hydrogen (secondary N) is 1. The molecule has 4 aromatic rings. The van der Waals surface area contributed by atoms with Crippen LogP contribution in [-0.4, -0.2) is 25.2 Å². The van der Waals surface area contributed by atoms with Gasteiger partial charge in [-0.25, -0.2) is 9.67 Å². The Balaban J connectivity index is 1.20. The maximum absolute atomic E-state index is 12.7. The van der Waals surface area contributed by atoms with Crippen LogP contribution in [0, 0.1) is 0 Å². The molecule has 6 rings (SSSR count). The number of carbonyl (C=O) groups excluding carboxylic acids is 1. The molecule has 186 valence electrons. The van der Waals surface area contributed by atoms with Gasteiger partial charge in [-0.3, -0.25) is 4.79 Å². The van der Waals surface area contributed by atoms with Gasteiger partial charge in [0.25, 0.3) is 0 Å². The second kappa shape index (κ2) is 10.3. The van der Waals surface area contributed by atoms with E-state index in [0.717, 1.165) is 22.4 Å². The molecular weight excluding hydrogens is 446 g/mol.